The Balaban J connectivity index is 1.49. The number of rotatable bonds is 5. The second-order valence-corrected chi connectivity index (χ2v) is 6.82. The van der Waals surface area contributed by atoms with Crippen LogP contribution in [0.15, 0.2) is 24.3 Å². The van der Waals surface area contributed by atoms with Crippen LogP contribution in [0.25, 0.3) is 0 Å². The number of hydrogen-bond donors (Lipinski definition) is 2. The fourth-order valence-corrected chi connectivity index (χ4v) is 3.21. The number of amides is 1. The van der Waals surface area contributed by atoms with Crippen molar-refractivity contribution in [1.29, 1.82) is 0 Å². The van der Waals surface area contributed by atoms with Crippen molar-refractivity contribution < 1.29 is 9.90 Å². The lowest BCUT2D eigenvalue weighted by Crippen LogP contribution is -2.34. The SMILES string of the molecule is CC1CC1C(=O)NCc1ccc(N2CCC(CO)CC2)cc1. The van der Waals surface area contributed by atoms with Gasteiger partial charge < -0.3 is 15.3 Å². The van der Waals surface area contributed by atoms with Crippen molar-refractivity contribution in [2.75, 3.05) is 24.6 Å². The van der Waals surface area contributed by atoms with E-state index in [9.17, 15) is 9.90 Å². The van der Waals surface area contributed by atoms with Crippen molar-refractivity contribution >= 4 is 11.6 Å². The van der Waals surface area contributed by atoms with Gasteiger partial charge in [0.25, 0.3) is 0 Å². The Labute approximate surface area is 132 Å². The van der Waals surface area contributed by atoms with Gasteiger partial charge in [-0.25, -0.2) is 0 Å². The number of nitrogens with zero attached hydrogens (tertiary/aromatic N) is 1. The van der Waals surface area contributed by atoms with Gasteiger partial charge >= 0.3 is 0 Å². The third kappa shape index (κ3) is 3.61. The zero-order valence-corrected chi connectivity index (χ0v) is 13.3. The summed E-state index contributed by atoms with van der Waals surface area (Å²) in [5.41, 5.74) is 2.39. The Bertz CT molecular complexity index is 506. The summed E-state index contributed by atoms with van der Waals surface area (Å²) in [5, 5.41) is 12.2. The maximum absolute atomic E-state index is 11.8. The Morgan fingerprint density at radius 3 is 2.45 bits per heavy atom. The maximum atomic E-state index is 11.8. The summed E-state index contributed by atoms with van der Waals surface area (Å²) in [6.07, 6.45) is 3.16. The molecule has 2 N–H and O–H groups in total. The Hall–Kier alpha value is -1.55. The molecule has 1 saturated carbocycles. The minimum Gasteiger partial charge on any atom is -0.396 e. The summed E-state index contributed by atoms with van der Waals surface area (Å²) in [5.74, 6) is 1.47. The van der Waals surface area contributed by atoms with E-state index < -0.39 is 0 Å². The van der Waals surface area contributed by atoms with Crippen molar-refractivity contribution in [3.05, 3.63) is 29.8 Å². The first-order valence-corrected chi connectivity index (χ1v) is 8.40. The molecule has 2 unspecified atom stereocenters. The van der Waals surface area contributed by atoms with Gasteiger partial charge in [0.1, 0.15) is 0 Å². The van der Waals surface area contributed by atoms with E-state index in [4.69, 9.17) is 0 Å². The normalized spacial score (nSPS) is 25.1. The molecule has 1 aliphatic heterocycles. The highest BCUT2D eigenvalue weighted by atomic mass is 16.3. The second-order valence-electron chi connectivity index (χ2n) is 6.82. The molecule has 0 spiro atoms. The highest BCUT2D eigenvalue weighted by Gasteiger charge is 2.38. The lowest BCUT2D eigenvalue weighted by atomic mass is 9.97. The fraction of sp³-hybridized carbons (Fsp3) is 0.611. The molecule has 1 heterocycles. The minimum absolute atomic E-state index is 0.197. The monoisotopic (exact) mass is 302 g/mol. The van der Waals surface area contributed by atoms with Crippen LogP contribution in [0.2, 0.25) is 0 Å². The Morgan fingerprint density at radius 2 is 1.91 bits per heavy atom. The molecular weight excluding hydrogens is 276 g/mol. The predicted octanol–water partition coefficient (Wildman–Crippen LogP) is 2.17. The third-order valence-corrected chi connectivity index (χ3v) is 5.09. The van der Waals surface area contributed by atoms with Crippen LogP contribution in [-0.4, -0.2) is 30.7 Å². The highest BCUT2D eigenvalue weighted by molar-refractivity contribution is 5.81. The van der Waals surface area contributed by atoms with Crippen molar-refractivity contribution in [2.45, 2.75) is 32.7 Å². The molecule has 0 radical (unpaired) electrons. The van der Waals surface area contributed by atoms with Crippen LogP contribution in [0.1, 0.15) is 31.7 Å². The van der Waals surface area contributed by atoms with E-state index in [0.717, 1.165) is 37.9 Å². The molecule has 22 heavy (non-hydrogen) atoms. The van der Waals surface area contributed by atoms with E-state index in [1.165, 1.54) is 5.69 Å². The molecule has 2 fully saturated rings. The second kappa shape index (κ2) is 6.69. The maximum Gasteiger partial charge on any atom is 0.223 e. The van der Waals surface area contributed by atoms with E-state index >= 15 is 0 Å². The van der Waals surface area contributed by atoms with Crippen LogP contribution in [0.4, 0.5) is 5.69 Å². The number of carbonyl (C=O) groups excluding carboxylic acids is 1. The van der Waals surface area contributed by atoms with E-state index in [1.54, 1.807) is 0 Å². The van der Waals surface area contributed by atoms with Gasteiger partial charge in [-0.1, -0.05) is 19.1 Å². The molecule has 120 valence electrons. The zero-order chi connectivity index (χ0) is 15.5. The summed E-state index contributed by atoms with van der Waals surface area (Å²) in [7, 11) is 0. The average molecular weight is 302 g/mol. The quantitative estimate of drug-likeness (QED) is 0.876. The standard InChI is InChI=1S/C18H26N2O2/c1-13-10-17(13)18(22)19-11-14-2-4-16(5-3-14)20-8-6-15(12-21)7-9-20/h2-5,13,15,17,21H,6-12H2,1H3,(H,19,22). The summed E-state index contributed by atoms with van der Waals surface area (Å²) >= 11 is 0. The van der Waals surface area contributed by atoms with E-state index in [-0.39, 0.29) is 11.8 Å². The number of hydrogen-bond acceptors (Lipinski definition) is 3. The van der Waals surface area contributed by atoms with Gasteiger partial charge in [-0.15, -0.1) is 0 Å². The first kappa shape index (κ1) is 15.3. The van der Waals surface area contributed by atoms with E-state index in [2.05, 4.69) is 41.4 Å². The van der Waals surface area contributed by atoms with Crippen LogP contribution in [0.5, 0.6) is 0 Å². The van der Waals surface area contributed by atoms with Crippen LogP contribution in [0.3, 0.4) is 0 Å². The van der Waals surface area contributed by atoms with E-state index in [1.807, 2.05) is 0 Å². The van der Waals surface area contributed by atoms with E-state index in [0.29, 0.717) is 25.0 Å². The molecule has 1 aliphatic carbocycles. The number of nitrogens with one attached hydrogen (secondary N) is 1. The fourth-order valence-electron chi connectivity index (χ4n) is 3.21. The Kier molecular flexibility index (Phi) is 4.67. The van der Waals surface area contributed by atoms with Crippen molar-refractivity contribution in [2.24, 2.45) is 17.8 Å². The smallest absolute Gasteiger partial charge is 0.223 e. The molecule has 1 amide bonds. The number of carbonyl (C=O) groups is 1. The molecule has 1 aromatic carbocycles. The third-order valence-electron chi connectivity index (χ3n) is 5.09. The molecule has 3 rings (SSSR count). The molecule has 4 nitrogen and oxygen atoms in total. The number of benzene rings is 1. The number of aliphatic hydroxyl groups excluding tert-OH is 1. The van der Waals surface area contributed by atoms with Crippen molar-refractivity contribution in [1.82, 2.24) is 5.32 Å². The predicted molar refractivity (Wildman–Crippen MR) is 87.6 cm³/mol. The largest absolute Gasteiger partial charge is 0.396 e. The molecule has 1 saturated heterocycles. The van der Waals surface area contributed by atoms with Gasteiger partial charge in [0, 0.05) is 37.8 Å². The summed E-state index contributed by atoms with van der Waals surface area (Å²) in [6.45, 7) is 5.09. The molecule has 2 atom stereocenters. The lowest BCUT2D eigenvalue weighted by Gasteiger charge is -2.33. The number of piperidine rings is 1. The first-order valence-electron chi connectivity index (χ1n) is 8.40. The average Bonchev–Trinajstić information content (AvgIpc) is 3.30. The highest BCUT2D eigenvalue weighted by Crippen LogP contribution is 2.37. The van der Waals surface area contributed by atoms with Crippen LogP contribution < -0.4 is 10.2 Å². The summed E-state index contributed by atoms with van der Waals surface area (Å²) in [4.78, 5) is 14.2. The van der Waals surface area contributed by atoms with Crippen LogP contribution in [-0.2, 0) is 11.3 Å². The summed E-state index contributed by atoms with van der Waals surface area (Å²) in [6, 6.07) is 8.48. The molecule has 4 heteroatoms. The first-order chi connectivity index (χ1) is 10.7. The molecule has 0 aromatic heterocycles. The molecule has 2 aliphatic rings. The van der Waals surface area contributed by atoms with Gasteiger partial charge in [0.15, 0.2) is 0 Å². The zero-order valence-electron chi connectivity index (χ0n) is 13.3. The van der Waals surface area contributed by atoms with Crippen LogP contribution in [0, 0.1) is 17.8 Å². The van der Waals surface area contributed by atoms with Gasteiger partial charge in [-0.05, 0) is 48.8 Å². The minimum atomic E-state index is 0.197. The van der Waals surface area contributed by atoms with Gasteiger partial charge in [-0.3, -0.25) is 4.79 Å². The molecule has 0 bridgehead atoms. The van der Waals surface area contributed by atoms with Crippen LogP contribution >= 0.6 is 0 Å². The molecular formula is C18H26N2O2. The van der Waals surface area contributed by atoms with Gasteiger partial charge in [0.05, 0.1) is 0 Å². The summed E-state index contributed by atoms with van der Waals surface area (Å²) < 4.78 is 0. The number of anilines is 1. The topological polar surface area (TPSA) is 52.6 Å². The Morgan fingerprint density at radius 1 is 1.27 bits per heavy atom. The number of aliphatic hydroxyl groups is 1. The lowest BCUT2D eigenvalue weighted by molar-refractivity contribution is -0.122. The van der Waals surface area contributed by atoms with Gasteiger partial charge in [-0.2, -0.15) is 0 Å². The van der Waals surface area contributed by atoms with Crippen molar-refractivity contribution in [3.63, 3.8) is 0 Å². The van der Waals surface area contributed by atoms with Crippen molar-refractivity contribution in [3.8, 4) is 0 Å². The van der Waals surface area contributed by atoms with Gasteiger partial charge in [0.2, 0.25) is 5.91 Å². The molecule has 1 aromatic rings.